The minimum absolute atomic E-state index is 1.10. The van der Waals surface area contributed by atoms with E-state index in [1.807, 2.05) is 0 Å². The van der Waals surface area contributed by atoms with Crippen LogP contribution in [0.5, 0.6) is 0 Å². The highest BCUT2D eigenvalue weighted by Crippen LogP contribution is 2.26. The van der Waals surface area contributed by atoms with Gasteiger partial charge in [0.2, 0.25) is 0 Å². The summed E-state index contributed by atoms with van der Waals surface area (Å²) in [6, 6.07) is 0. The third-order valence-electron chi connectivity index (χ3n) is 2.05. The Labute approximate surface area is 58.7 Å². The van der Waals surface area contributed by atoms with Crippen molar-refractivity contribution in [3.05, 3.63) is 0 Å². The van der Waals surface area contributed by atoms with E-state index in [0.29, 0.717) is 0 Å². The van der Waals surface area contributed by atoms with Crippen LogP contribution in [0.25, 0.3) is 0 Å². The largest absolute Gasteiger partial charge is 0.124 e. The van der Waals surface area contributed by atoms with Gasteiger partial charge in [-0.15, -0.1) is 12.8 Å². The molecule has 0 bridgehead atoms. The Kier molecular flexibility index (Phi) is 5.41. The van der Waals surface area contributed by atoms with Crippen molar-refractivity contribution in [3.8, 4) is 12.8 Å². The van der Waals surface area contributed by atoms with Crippen LogP contribution >= 0.6 is 0 Å². The Morgan fingerprint density at radius 3 is 1.89 bits per heavy atom. The van der Waals surface area contributed by atoms with Gasteiger partial charge < -0.3 is 0 Å². The zero-order chi connectivity index (χ0) is 7.11. The molecule has 0 heteroatoms. The average molecular weight is 124 g/mol. The molecule has 0 unspecified atom stereocenters. The van der Waals surface area contributed by atoms with E-state index < -0.39 is 0 Å². The Bertz CT molecular complexity index is 65.4. The van der Waals surface area contributed by atoms with Crippen LogP contribution in [0, 0.1) is 18.8 Å². The molecular formula is C9H16. The molecule has 1 aliphatic rings. The standard InChI is InChI=1S/C7H14.C2H2/c1-2-7-5-3-4-6-7;1-2/h7H,2-6H2,1H3;1-2H. The quantitative estimate of drug-likeness (QED) is 0.471. The second-order valence-electron chi connectivity index (χ2n) is 2.56. The number of terminal acetylenes is 1. The Morgan fingerprint density at radius 1 is 1.22 bits per heavy atom. The Balaban J connectivity index is 0.000000291. The summed E-state index contributed by atoms with van der Waals surface area (Å²) in [6.45, 7) is 2.30. The fourth-order valence-electron chi connectivity index (χ4n) is 1.42. The molecule has 0 saturated heterocycles. The number of rotatable bonds is 1. The molecule has 0 nitrogen and oxygen atoms in total. The third-order valence-corrected chi connectivity index (χ3v) is 2.05. The molecule has 1 aliphatic carbocycles. The SMILES string of the molecule is C#C.CCC1CCCC1. The molecule has 52 valence electrons. The van der Waals surface area contributed by atoms with Crippen LogP contribution in [0.4, 0.5) is 0 Å². The molecule has 0 heterocycles. The second-order valence-corrected chi connectivity index (χ2v) is 2.56. The summed E-state index contributed by atoms with van der Waals surface area (Å²) in [5, 5.41) is 0. The van der Waals surface area contributed by atoms with Crippen LogP contribution in [0.2, 0.25) is 0 Å². The lowest BCUT2D eigenvalue weighted by atomic mass is 10.1. The Hall–Kier alpha value is -0.440. The first-order valence-corrected chi connectivity index (χ1v) is 3.77. The van der Waals surface area contributed by atoms with Crippen LogP contribution < -0.4 is 0 Å². The maximum Gasteiger partial charge on any atom is -0.0417 e. The predicted octanol–water partition coefficient (Wildman–Crippen LogP) is 2.84. The van der Waals surface area contributed by atoms with Crippen LogP contribution in [-0.4, -0.2) is 0 Å². The van der Waals surface area contributed by atoms with Crippen LogP contribution in [0.1, 0.15) is 39.0 Å². The first kappa shape index (κ1) is 8.56. The molecule has 1 saturated carbocycles. The highest BCUT2D eigenvalue weighted by atomic mass is 14.2. The van der Waals surface area contributed by atoms with E-state index in [2.05, 4.69) is 19.8 Å². The van der Waals surface area contributed by atoms with E-state index in [4.69, 9.17) is 0 Å². The zero-order valence-corrected chi connectivity index (χ0v) is 6.27. The van der Waals surface area contributed by atoms with E-state index in [-0.39, 0.29) is 0 Å². The lowest BCUT2D eigenvalue weighted by Crippen LogP contribution is -1.86. The van der Waals surface area contributed by atoms with E-state index in [0.717, 1.165) is 5.92 Å². The van der Waals surface area contributed by atoms with Crippen molar-refractivity contribution in [1.29, 1.82) is 0 Å². The fourth-order valence-corrected chi connectivity index (χ4v) is 1.42. The molecule has 0 aromatic heterocycles. The summed E-state index contributed by atoms with van der Waals surface area (Å²) < 4.78 is 0. The van der Waals surface area contributed by atoms with Gasteiger partial charge in [-0.05, 0) is 5.92 Å². The van der Waals surface area contributed by atoms with Crippen LogP contribution in [0.15, 0.2) is 0 Å². The van der Waals surface area contributed by atoms with Gasteiger partial charge in [-0.1, -0.05) is 39.0 Å². The van der Waals surface area contributed by atoms with Gasteiger partial charge in [0.15, 0.2) is 0 Å². The minimum atomic E-state index is 1.10. The summed E-state index contributed by atoms with van der Waals surface area (Å²) in [7, 11) is 0. The molecule has 1 rings (SSSR count). The summed E-state index contributed by atoms with van der Waals surface area (Å²) in [4.78, 5) is 0. The van der Waals surface area contributed by atoms with Crippen LogP contribution in [0.3, 0.4) is 0 Å². The van der Waals surface area contributed by atoms with E-state index in [9.17, 15) is 0 Å². The molecule has 0 aromatic carbocycles. The summed E-state index contributed by atoms with van der Waals surface area (Å²) in [5.74, 6) is 1.10. The molecule has 0 radical (unpaired) electrons. The maximum atomic E-state index is 4.00. The molecule has 0 aliphatic heterocycles. The lowest BCUT2D eigenvalue weighted by Gasteiger charge is -1.99. The fraction of sp³-hybridized carbons (Fsp3) is 0.778. The van der Waals surface area contributed by atoms with Gasteiger partial charge in [0, 0.05) is 0 Å². The van der Waals surface area contributed by atoms with Crippen molar-refractivity contribution in [2.45, 2.75) is 39.0 Å². The second kappa shape index (κ2) is 5.69. The number of hydrogen-bond acceptors (Lipinski definition) is 0. The number of hydrogen-bond donors (Lipinski definition) is 0. The van der Waals surface area contributed by atoms with Gasteiger partial charge in [-0.25, -0.2) is 0 Å². The smallest absolute Gasteiger partial charge is 0.0417 e. The first-order chi connectivity index (χ1) is 4.43. The molecule has 0 atom stereocenters. The summed E-state index contributed by atoms with van der Waals surface area (Å²) in [6.07, 6.45) is 15.4. The zero-order valence-electron chi connectivity index (χ0n) is 6.27. The first-order valence-electron chi connectivity index (χ1n) is 3.77. The monoisotopic (exact) mass is 124 g/mol. The molecule has 0 spiro atoms. The van der Waals surface area contributed by atoms with Gasteiger partial charge in [0.05, 0.1) is 0 Å². The average Bonchev–Trinajstić information content (AvgIpc) is 2.43. The van der Waals surface area contributed by atoms with Crippen LogP contribution in [-0.2, 0) is 0 Å². The normalized spacial score (nSPS) is 18.6. The third kappa shape index (κ3) is 3.19. The minimum Gasteiger partial charge on any atom is -0.124 e. The van der Waals surface area contributed by atoms with Crippen molar-refractivity contribution in [2.75, 3.05) is 0 Å². The highest BCUT2D eigenvalue weighted by Gasteiger charge is 2.11. The van der Waals surface area contributed by atoms with Gasteiger partial charge in [-0.2, -0.15) is 0 Å². The predicted molar refractivity (Wildman–Crippen MR) is 42.1 cm³/mol. The Morgan fingerprint density at radius 2 is 1.67 bits per heavy atom. The van der Waals surface area contributed by atoms with Crippen molar-refractivity contribution in [2.24, 2.45) is 5.92 Å². The van der Waals surface area contributed by atoms with Crippen molar-refractivity contribution in [3.63, 3.8) is 0 Å². The van der Waals surface area contributed by atoms with E-state index >= 15 is 0 Å². The van der Waals surface area contributed by atoms with Gasteiger partial charge in [0.25, 0.3) is 0 Å². The van der Waals surface area contributed by atoms with E-state index in [1.165, 1.54) is 32.1 Å². The molecule has 0 N–H and O–H groups in total. The summed E-state index contributed by atoms with van der Waals surface area (Å²) in [5.41, 5.74) is 0. The maximum absolute atomic E-state index is 4.00. The molecule has 0 aromatic rings. The molecular weight excluding hydrogens is 108 g/mol. The molecule has 1 fully saturated rings. The van der Waals surface area contributed by atoms with E-state index in [1.54, 1.807) is 0 Å². The van der Waals surface area contributed by atoms with Gasteiger partial charge in [0.1, 0.15) is 0 Å². The molecule has 9 heavy (non-hydrogen) atoms. The molecule has 0 amide bonds. The van der Waals surface area contributed by atoms with Crippen molar-refractivity contribution >= 4 is 0 Å². The highest BCUT2D eigenvalue weighted by molar-refractivity contribution is 4.64. The van der Waals surface area contributed by atoms with Crippen molar-refractivity contribution < 1.29 is 0 Å². The topological polar surface area (TPSA) is 0 Å². The van der Waals surface area contributed by atoms with Gasteiger partial charge >= 0.3 is 0 Å². The summed E-state index contributed by atoms with van der Waals surface area (Å²) >= 11 is 0. The van der Waals surface area contributed by atoms with Gasteiger partial charge in [-0.3, -0.25) is 0 Å². The lowest BCUT2D eigenvalue weighted by molar-refractivity contribution is 0.531. The van der Waals surface area contributed by atoms with Crippen molar-refractivity contribution in [1.82, 2.24) is 0 Å².